The first-order chi connectivity index (χ1) is 33.4. The summed E-state index contributed by atoms with van der Waals surface area (Å²) in [6, 6.07) is 43.6. The normalized spacial score (nSPS) is 13.4. The first-order valence-corrected chi connectivity index (χ1v) is 25.4. The number of carbonyl (C=O) groups excluding carboxylic acids is 2. The number of hydrogen-bond acceptors (Lipinski definition) is 9. The Bertz CT molecular complexity index is 2140. The monoisotopic (exact) mass is 921 g/mol. The van der Waals surface area contributed by atoms with Gasteiger partial charge in [0.15, 0.2) is 11.6 Å². The summed E-state index contributed by atoms with van der Waals surface area (Å²) < 4.78 is 17.2. The van der Waals surface area contributed by atoms with Crippen LogP contribution < -0.4 is 14.2 Å². The summed E-state index contributed by atoms with van der Waals surface area (Å²) in [5.41, 5.74) is 3.87. The van der Waals surface area contributed by atoms with Gasteiger partial charge in [-0.05, 0) is 201 Å². The molecular weight excluding hydrogens is 845 g/mol. The fourth-order valence-corrected chi connectivity index (χ4v) is 8.34. The predicted molar refractivity (Wildman–Crippen MR) is 276 cm³/mol. The van der Waals surface area contributed by atoms with Gasteiger partial charge >= 0.3 is 0 Å². The van der Waals surface area contributed by atoms with E-state index in [0.717, 1.165) is 87.1 Å². The highest BCUT2D eigenvalue weighted by Crippen LogP contribution is 2.18. The molecule has 68 heavy (non-hydrogen) atoms. The summed E-state index contributed by atoms with van der Waals surface area (Å²) in [6.45, 7) is 17.4. The fraction of sp³-hybridized carbons (Fsp3) is 0.441. The molecule has 0 atom stereocenters. The minimum absolute atomic E-state index is 0.0501. The number of hydrogen-bond donors (Lipinski definition) is 0. The molecule has 0 spiro atoms. The van der Waals surface area contributed by atoms with E-state index in [0.29, 0.717) is 23.1 Å². The fourth-order valence-electron chi connectivity index (χ4n) is 8.34. The number of unbranched alkanes of at least 4 members (excludes halogenated alkanes) is 4. The van der Waals surface area contributed by atoms with E-state index in [2.05, 4.69) is 34.6 Å². The first kappa shape index (κ1) is 53.2. The largest absolute Gasteiger partial charge is 0.494 e. The highest BCUT2D eigenvalue weighted by molar-refractivity contribution is 6.09. The van der Waals surface area contributed by atoms with Crippen molar-refractivity contribution in [3.63, 3.8) is 0 Å². The van der Waals surface area contributed by atoms with Gasteiger partial charge in [0.05, 0.1) is 31.5 Å². The summed E-state index contributed by atoms with van der Waals surface area (Å²) in [7, 11) is 0. The lowest BCUT2D eigenvalue weighted by atomic mass is 10.0. The van der Waals surface area contributed by atoms with Crippen LogP contribution in [0.2, 0.25) is 0 Å². The van der Waals surface area contributed by atoms with Gasteiger partial charge in [-0.25, -0.2) is 0 Å². The van der Waals surface area contributed by atoms with Gasteiger partial charge in [-0.2, -0.15) is 5.26 Å². The molecule has 9 nitrogen and oxygen atoms in total. The summed E-state index contributed by atoms with van der Waals surface area (Å²) in [4.78, 5) is 32.2. The highest BCUT2D eigenvalue weighted by Gasteiger charge is 2.12. The van der Waals surface area contributed by atoms with Crippen LogP contribution in [0.3, 0.4) is 0 Å². The van der Waals surface area contributed by atoms with Gasteiger partial charge in [-0.3, -0.25) is 9.59 Å². The van der Waals surface area contributed by atoms with E-state index in [1.807, 2.05) is 121 Å². The van der Waals surface area contributed by atoms with Crippen molar-refractivity contribution in [3.8, 4) is 23.3 Å². The Labute approximate surface area is 408 Å². The highest BCUT2D eigenvalue weighted by atomic mass is 16.5. The van der Waals surface area contributed by atoms with E-state index in [9.17, 15) is 9.59 Å². The van der Waals surface area contributed by atoms with Crippen LogP contribution in [0.1, 0.15) is 122 Å². The molecule has 2 fully saturated rings. The zero-order valence-corrected chi connectivity index (χ0v) is 41.0. The zero-order chi connectivity index (χ0) is 47.9. The zero-order valence-electron chi connectivity index (χ0n) is 41.0. The van der Waals surface area contributed by atoms with Crippen molar-refractivity contribution < 1.29 is 23.8 Å². The first-order valence-electron chi connectivity index (χ1n) is 25.4. The van der Waals surface area contributed by atoms with E-state index >= 15 is 0 Å². The third-order valence-electron chi connectivity index (χ3n) is 12.5. The van der Waals surface area contributed by atoms with Crippen LogP contribution in [0.15, 0.2) is 133 Å². The Morgan fingerprint density at radius 3 is 1.41 bits per heavy atom. The van der Waals surface area contributed by atoms with Crippen LogP contribution >= 0.6 is 0 Å². The van der Waals surface area contributed by atoms with E-state index in [1.165, 1.54) is 90.6 Å². The maximum absolute atomic E-state index is 12.4. The lowest BCUT2D eigenvalue weighted by Gasteiger charge is -2.17. The predicted octanol–water partition coefficient (Wildman–Crippen LogP) is 12.0. The number of Topliss-reactive ketones (excluding diaryl/α,β-unsaturated/α-hetero) is 1. The molecule has 0 saturated carbocycles. The average Bonchev–Trinajstić information content (AvgIpc) is 4.13. The molecule has 2 aliphatic heterocycles. The number of ketones is 2. The average molecular weight is 921 g/mol. The summed E-state index contributed by atoms with van der Waals surface area (Å²) in [6.07, 6.45) is 14.0. The Morgan fingerprint density at radius 1 is 0.515 bits per heavy atom. The number of rotatable bonds is 26. The molecule has 0 aliphatic carbocycles. The third kappa shape index (κ3) is 20.6. The number of nitriles is 1. The number of benzene rings is 5. The van der Waals surface area contributed by atoms with Gasteiger partial charge in [0.2, 0.25) is 0 Å². The summed E-state index contributed by atoms with van der Waals surface area (Å²) in [5.74, 6) is 2.72. The van der Waals surface area contributed by atoms with Crippen LogP contribution in [0.4, 0.5) is 0 Å². The van der Waals surface area contributed by atoms with Crippen LogP contribution in [0.25, 0.3) is 0 Å². The van der Waals surface area contributed by atoms with Gasteiger partial charge in [0.25, 0.3) is 0 Å². The Kier molecular flexibility index (Phi) is 25.1. The smallest absolute Gasteiger partial charge is 0.193 e. The van der Waals surface area contributed by atoms with E-state index in [-0.39, 0.29) is 11.6 Å². The molecule has 0 bridgehead atoms. The van der Waals surface area contributed by atoms with Crippen LogP contribution in [0, 0.1) is 11.3 Å². The molecule has 0 aromatic heterocycles. The Balaban J connectivity index is 0.000000195. The molecule has 7 rings (SSSR count). The van der Waals surface area contributed by atoms with Crippen molar-refractivity contribution in [2.75, 3.05) is 78.7 Å². The van der Waals surface area contributed by atoms with E-state index in [1.54, 1.807) is 12.1 Å². The second-order valence-corrected chi connectivity index (χ2v) is 17.6. The Hall–Kier alpha value is -5.79. The third-order valence-corrected chi connectivity index (χ3v) is 12.5. The minimum atomic E-state index is 0.0501. The molecule has 5 aromatic carbocycles. The van der Waals surface area contributed by atoms with Gasteiger partial charge in [0, 0.05) is 29.7 Å². The lowest BCUT2D eigenvalue weighted by Crippen LogP contribution is -2.25. The van der Waals surface area contributed by atoms with Crippen molar-refractivity contribution in [3.05, 3.63) is 161 Å². The molecule has 0 N–H and O–H groups in total. The maximum Gasteiger partial charge on any atom is 0.193 e. The topological polar surface area (TPSA) is 95.3 Å². The second kappa shape index (κ2) is 32.0. The van der Waals surface area contributed by atoms with Gasteiger partial charge in [0.1, 0.15) is 17.2 Å². The number of nitrogens with zero attached hydrogens (tertiary/aromatic N) is 4. The molecule has 0 amide bonds. The summed E-state index contributed by atoms with van der Waals surface area (Å²) in [5, 5.41) is 8.66. The van der Waals surface area contributed by atoms with Crippen molar-refractivity contribution in [2.45, 2.75) is 90.9 Å². The van der Waals surface area contributed by atoms with Crippen molar-refractivity contribution in [2.24, 2.45) is 0 Å². The van der Waals surface area contributed by atoms with Gasteiger partial charge in [-0.1, -0.05) is 74.5 Å². The molecule has 2 aliphatic rings. The van der Waals surface area contributed by atoms with Crippen molar-refractivity contribution in [1.29, 1.82) is 5.26 Å². The summed E-state index contributed by atoms with van der Waals surface area (Å²) >= 11 is 0. The standard InChI is InChI=1S/C23H29NO2.C22H27NO2.C14H20N2O/c25-23(19-20-9-3-1-4-10-20)21-11-13-22(14-12-21)26-18-8-2-5-15-24-16-6-7-17-24;24-22(19-9-3-1-4-10-19)20-11-13-21(14-12-20)25-18-8-2-5-15-23-16-6-7-17-23;1-3-16(4-2)10-5-11-17-14-8-6-13(12-15)7-9-14/h1,3-4,9-14H,2,5-8,15-19H2;1,3-4,9-14H,2,5-8,15-18H2;6-9H,3-5,10-11H2,1-2H3. The van der Waals surface area contributed by atoms with E-state index < -0.39 is 0 Å². The van der Waals surface area contributed by atoms with Gasteiger partial charge < -0.3 is 28.9 Å². The number of ether oxygens (including phenoxy) is 3. The van der Waals surface area contributed by atoms with Crippen molar-refractivity contribution in [1.82, 2.24) is 14.7 Å². The minimum Gasteiger partial charge on any atom is -0.494 e. The molecule has 0 radical (unpaired) electrons. The van der Waals surface area contributed by atoms with Crippen molar-refractivity contribution >= 4 is 11.6 Å². The molecule has 362 valence electrons. The van der Waals surface area contributed by atoms with E-state index in [4.69, 9.17) is 19.5 Å². The van der Waals surface area contributed by atoms with Crippen LogP contribution in [-0.4, -0.2) is 105 Å². The molecule has 9 heteroatoms. The lowest BCUT2D eigenvalue weighted by molar-refractivity contribution is 0.0991. The SMILES string of the molecule is CCN(CC)CCCOc1ccc(C#N)cc1.O=C(Cc1ccccc1)c1ccc(OCCCCCN2CCCC2)cc1.O=C(c1ccccc1)c1ccc(OCCCCCN2CCCC2)cc1. The maximum atomic E-state index is 12.4. The number of likely N-dealkylation sites (tertiary alicyclic amines) is 2. The molecule has 2 heterocycles. The quantitative estimate of drug-likeness (QED) is 0.0397. The van der Waals surface area contributed by atoms with Crippen LogP contribution in [0.5, 0.6) is 17.2 Å². The molecule has 2 saturated heterocycles. The molecule has 5 aromatic rings. The number of carbonyl (C=O) groups is 2. The Morgan fingerprint density at radius 2 is 0.941 bits per heavy atom. The van der Waals surface area contributed by atoms with Gasteiger partial charge in [-0.15, -0.1) is 0 Å². The molecule has 0 unspecified atom stereocenters. The second-order valence-electron chi connectivity index (χ2n) is 17.6. The molecular formula is C59H76N4O5. The van der Waals surface area contributed by atoms with Crippen LogP contribution in [-0.2, 0) is 6.42 Å².